The van der Waals surface area contributed by atoms with E-state index in [4.69, 9.17) is 0 Å². The third kappa shape index (κ3) is 2.54. The fraction of sp³-hybridized carbons (Fsp3) is 0.0833. The first kappa shape index (κ1) is 12.3. The van der Waals surface area contributed by atoms with Crippen LogP contribution in [-0.4, -0.2) is 10.8 Å². The summed E-state index contributed by atoms with van der Waals surface area (Å²) in [5.41, 5.74) is 1.15. The van der Waals surface area contributed by atoms with Crippen molar-refractivity contribution in [3.8, 4) is 0 Å². The molecule has 0 unspecified atom stereocenters. The lowest BCUT2D eigenvalue weighted by Crippen LogP contribution is -2.11. The number of benzene rings is 1. The van der Waals surface area contributed by atoms with Gasteiger partial charge in [-0.1, -0.05) is 6.07 Å². The molecule has 2 rings (SSSR count). The summed E-state index contributed by atoms with van der Waals surface area (Å²) in [6.45, 7) is 1.89. The maximum Gasteiger partial charge on any atom is 0.270 e. The molecule has 0 aliphatic rings. The second kappa shape index (κ2) is 4.97. The van der Waals surface area contributed by atoms with Gasteiger partial charge in [-0.05, 0) is 30.0 Å². The second-order valence-corrected chi connectivity index (χ2v) is 4.61. The van der Waals surface area contributed by atoms with Crippen LogP contribution in [0.2, 0.25) is 0 Å². The van der Waals surface area contributed by atoms with Crippen LogP contribution in [0.25, 0.3) is 0 Å². The van der Waals surface area contributed by atoms with E-state index in [-0.39, 0.29) is 17.2 Å². The molecular weight excluding hydrogens is 252 g/mol. The van der Waals surface area contributed by atoms with Crippen molar-refractivity contribution in [2.75, 3.05) is 5.32 Å². The van der Waals surface area contributed by atoms with Crippen LogP contribution >= 0.6 is 11.3 Å². The predicted octanol–water partition coefficient (Wildman–Crippen LogP) is 3.22. The van der Waals surface area contributed by atoms with Gasteiger partial charge in [0.1, 0.15) is 0 Å². The van der Waals surface area contributed by atoms with Crippen molar-refractivity contribution in [3.05, 3.63) is 57.0 Å². The summed E-state index contributed by atoms with van der Waals surface area (Å²) in [5.74, 6) is -0.343. The molecule has 0 fully saturated rings. The molecule has 0 spiro atoms. The maximum atomic E-state index is 11.9. The summed E-state index contributed by atoms with van der Waals surface area (Å²) in [4.78, 5) is 22.0. The molecule has 0 aliphatic heterocycles. The smallest absolute Gasteiger partial charge is 0.270 e. The highest BCUT2D eigenvalue weighted by molar-refractivity contribution is 7.14. The Morgan fingerprint density at radius 2 is 2.17 bits per heavy atom. The zero-order chi connectivity index (χ0) is 13.1. The van der Waals surface area contributed by atoms with Crippen LogP contribution in [0, 0.1) is 17.0 Å². The molecule has 0 radical (unpaired) electrons. The fourth-order valence-electron chi connectivity index (χ4n) is 1.44. The first-order valence-electron chi connectivity index (χ1n) is 5.18. The highest BCUT2D eigenvalue weighted by atomic mass is 32.1. The number of hydrogen-bond donors (Lipinski definition) is 1. The molecule has 0 atom stereocenters. The quantitative estimate of drug-likeness (QED) is 0.681. The monoisotopic (exact) mass is 262 g/mol. The van der Waals surface area contributed by atoms with E-state index < -0.39 is 4.92 Å². The summed E-state index contributed by atoms with van der Waals surface area (Å²) in [6.07, 6.45) is 0. The van der Waals surface area contributed by atoms with Gasteiger partial charge >= 0.3 is 0 Å². The van der Waals surface area contributed by atoms with Gasteiger partial charge in [-0.15, -0.1) is 11.3 Å². The van der Waals surface area contributed by atoms with Gasteiger partial charge in [0.15, 0.2) is 0 Å². The summed E-state index contributed by atoms with van der Waals surface area (Å²) >= 11 is 1.42. The Bertz CT molecular complexity index is 607. The van der Waals surface area contributed by atoms with E-state index in [1.807, 2.05) is 18.4 Å². The SMILES string of the molecule is Cc1ccsc1NC(=O)c1cccc([N+](=O)[O-])c1. The largest absolute Gasteiger partial charge is 0.313 e. The van der Waals surface area contributed by atoms with Crippen LogP contribution in [0.4, 0.5) is 10.7 Å². The van der Waals surface area contributed by atoms with Crippen molar-refractivity contribution in [3.63, 3.8) is 0 Å². The number of hydrogen-bond acceptors (Lipinski definition) is 4. The van der Waals surface area contributed by atoms with Crippen molar-refractivity contribution in [2.45, 2.75) is 6.92 Å². The van der Waals surface area contributed by atoms with Gasteiger partial charge in [0.2, 0.25) is 0 Å². The highest BCUT2D eigenvalue weighted by Crippen LogP contribution is 2.23. The summed E-state index contributed by atoms with van der Waals surface area (Å²) in [7, 11) is 0. The molecule has 0 saturated carbocycles. The van der Waals surface area contributed by atoms with E-state index in [0.717, 1.165) is 10.6 Å². The molecule has 1 amide bonds. The molecule has 0 aliphatic carbocycles. The van der Waals surface area contributed by atoms with Crippen LogP contribution < -0.4 is 5.32 Å². The molecule has 92 valence electrons. The standard InChI is InChI=1S/C12H10N2O3S/c1-8-5-6-18-12(8)13-11(15)9-3-2-4-10(7-9)14(16)17/h2-7H,1H3,(H,13,15). The van der Waals surface area contributed by atoms with E-state index >= 15 is 0 Å². The van der Waals surface area contributed by atoms with Crippen LogP contribution in [0.1, 0.15) is 15.9 Å². The molecule has 2 aromatic rings. The van der Waals surface area contributed by atoms with Crippen molar-refractivity contribution < 1.29 is 9.72 Å². The van der Waals surface area contributed by atoms with Gasteiger partial charge in [0.05, 0.1) is 9.92 Å². The average Bonchev–Trinajstić information content (AvgIpc) is 2.75. The third-order valence-electron chi connectivity index (χ3n) is 2.41. The minimum absolute atomic E-state index is 0.0921. The molecule has 6 heteroatoms. The van der Waals surface area contributed by atoms with Crippen molar-refractivity contribution in [2.24, 2.45) is 0 Å². The Balaban J connectivity index is 2.21. The van der Waals surface area contributed by atoms with Gasteiger partial charge in [0.25, 0.3) is 11.6 Å². The molecule has 5 nitrogen and oxygen atoms in total. The maximum absolute atomic E-state index is 11.9. The lowest BCUT2D eigenvalue weighted by molar-refractivity contribution is -0.384. The Morgan fingerprint density at radius 1 is 1.39 bits per heavy atom. The Morgan fingerprint density at radius 3 is 2.78 bits per heavy atom. The number of anilines is 1. The zero-order valence-corrected chi connectivity index (χ0v) is 10.4. The van der Waals surface area contributed by atoms with Gasteiger partial charge in [-0.2, -0.15) is 0 Å². The molecule has 1 N–H and O–H groups in total. The number of aryl methyl sites for hydroxylation is 1. The summed E-state index contributed by atoms with van der Waals surface area (Å²) in [5, 5.41) is 16.0. The summed E-state index contributed by atoms with van der Waals surface area (Å²) < 4.78 is 0. The Labute approximate surface area is 107 Å². The van der Waals surface area contributed by atoms with Crippen molar-refractivity contribution in [1.82, 2.24) is 0 Å². The number of rotatable bonds is 3. The minimum atomic E-state index is -0.521. The van der Waals surface area contributed by atoms with Crippen LogP contribution in [-0.2, 0) is 0 Å². The number of nitrogens with zero attached hydrogens (tertiary/aromatic N) is 1. The highest BCUT2D eigenvalue weighted by Gasteiger charge is 2.12. The van der Waals surface area contributed by atoms with Crippen LogP contribution in [0.15, 0.2) is 35.7 Å². The number of thiophene rings is 1. The number of nitro benzene ring substituents is 1. The Hall–Kier alpha value is -2.21. The molecule has 1 aromatic heterocycles. The molecular formula is C12H10N2O3S. The number of non-ortho nitro benzene ring substituents is 1. The molecule has 18 heavy (non-hydrogen) atoms. The number of nitrogens with one attached hydrogen (secondary N) is 1. The van der Waals surface area contributed by atoms with E-state index in [1.54, 1.807) is 6.07 Å². The molecule has 1 aromatic carbocycles. The third-order valence-corrected chi connectivity index (χ3v) is 3.34. The number of nitro groups is 1. The van der Waals surface area contributed by atoms with Crippen molar-refractivity contribution >= 4 is 27.9 Å². The number of amides is 1. The average molecular weight is 262 g/mol. The normalized spacial score (nSPS) is 10.1. The second-order valence-electron chi connectivity index (χ2n) is 3.69. The minimum Gasteiger partial charge on any atom is -0.313 e. The van der Waals surface area contributed by atoms with Crippen LogP contribution in [0.5, 0.6) is 0 Å². The number of carbonyl (C=O) groups is 1. The number of carbonyl (C=O) groups excluding carboxylic acids is 1. The predicted molar refractivity (Wildman–Crippen MR) is 70.1 cm³/mol. The first-order chi connectivity index (χ1) is 8.58. The topological polar surface area (TPSA) is 72.2 Å². The van der Waals surface area contributed by atoms with Gasteiger partial charge in [-0.3, -0.25) is 14.9 Å². The fourth-order valence-corrected chi connectivity index (χ4v) is 2.25. The van der Waals surface area contributed by atoms with E-state index in [9.17, 15) is 14.9 Å². The Kier molecular flexibility index (Phi) is 3.38. The molecule has 1 heterocycles. The molecule has 0 bridgehead atoms. The van der Waals surface area contributed by atoms with E-state index in [2.05, 4.69) is 5.32 Å². The lowest BCUT2D eigenvalue weighted by atomic mass is 10.2. The van der Waals surface area contributed by atoms with Gasteiger partial charge in [0, 0.05) is 17.7 Å². The zero-order valence-electron chi connectivity index (χ0n) is 9.54. The van der Waals surface area contributed by atoms with Gasteiger partial charge < -0.3 is 5.32 Å². The van der Waals surface area contributed by atoms with E-state index in [1.165, 1.54) is 29.5 Å². The first-order valence-corrected chi connectivity index (χ1v) is 6.06. The van der Waals surface area contributed by atoms with Gasteiger partial charge in [-0.25, -0.2) is 0 Å². The lowest BCUT2D eigenvalue weighted by Gasteiger charge is -2.03. The molecule has 0 saturated heterocycles. The van der Waals surface area contributed by atoms with Crippen LogP contribution in [0.3, 0.4) is 0 Å². The summed E-state index contributed by atoms with van der Waals surface area (Å²) in [6, 6.07) is 7.55. The van der Waals surface area contributed by atoms with Crippen molar-refractivity contribution in [1.29, 1.82) is 0 Å². The van der Waals surface area contributed by atoms with E-state index in [0.29, 0.717) is 0 Å².